The van der Waals surface area contributed by atoms with Gasteiger partial charge in [-0.2, -0.15) is 30.3 Å². The number of anilines is 2. The predicted octanol–water partition coefficient (Wildman–Crippen LogP) is 6.70. The SMILES string of the molecule is [Ir+3].[c-]1cccc[n+]1-c1ccccn1.[c-]1ccccc1N1C=CN(c2ccccc2)[CH-]1.c1ccc(-c2ccccn2)nc1. The van der Waals surface area contributed by atoms with E-state index in [-0.39, 0.29) is 20.1 Å². The number of para-hydroxylation sites is 2. The Kier molecular flexibility index (Phi) is 11.7. The minimum absolute atomic E-state index is 0. The molecule has 0 unspecified atom stereocenters. The maximum absolute atomic E-state index is 4.19. The summed E-state index contributed by atoms with van der Waals surface area (Å²) in [7, 11) is 0. The van der Waals surface area contributed by atoms with Crippen LogP contribution in [0.4, 0.5) is 11.4 Å². The molecule has 42 heavy (non-hydrogen) atoms. The van der Waals surface area contributed by atoms with Gasteiger partial charge < -0.3 is 14.4 Å². The van der Waals surface area contributed by atoms with Gasteiger partial charge in [-0.15, -0.1) is 30.6 Å². The Morgan fingerprint density at radius 3 is 1.76 bits per heavy atom. The maximum Gasteiger partial charge on any atom is 3.00 e. The van der Waals surface area contributed by atoms with Crippen molar-refractivity contribution < 1.29 is 24.7 Å². The molecule has 0 saturated carbocycles. The van der Waals surface area contributed by atoms with Crippen molar-refractivity contribution in [2.24, 2.45) is 0 Å². The summed E-state index contributed by atoms with van der Waals surface area (Å²) in [5.74, 6) is 0.887. The molecular weight excluding hydrogens is 697 g/mol. The van der Waals surface area contributed by atoms with Crippen LogP contribution in [0.2, 0.25) is 0 Å². The van der Waals surface area contributed by atoms with Crippen LogP contribution in [-0.2, 0) is 20.1 Å². The van der Waals surface area contributed by atoms with Crippen molar-refractivity contribution in [3.63, 3.8) is 0 Å². The van der Waals surface area contributed by atoms with E-state index in [0.717, 1.165) is 28.6 Å². The van der Waals surface area contributed by atoms with Gasteiger partial charge in [-0.05, 0) is 60.9 Å². The van der Waals surface area contributed by atoms with Crippen LogP contribution in [0.25, 0.3) is 17.2 Å². The fourth-order valence-corrected chi connectivity index (χ4v) is 3.82. The molecule has 206 valence electrons. The Balaban J connectivity index is 0.000000146. The van der Waals surface area contributed by atoms with Crippen molar-refractivity contribution in [2.75, 3.05) is 9.80 Å². The quantitative estimate of drug-likeness (QED) is 0.150. The minimum Gasteiger partial charge on any atom is -0.500 e. The fraction of sp³-hybridized carbons (Fsp3) is 0. The summed E-state index contributed by atoms with van der Waals surface area (Å²) < 4.78 is 1.85. The van der Waals surface area contributed by atoms with Gasteiger partial charge in [0.25, 0.3) is 0 Å². The molecule has 6 nitrogen and oxygen atoms in total. The first-order valence-corrected chi connectivity index (χ1v) is 13.1. The molecular formula is C35H28IrN6+. The summed E-state index contributed by atoms with van der Waals surface area (Å²) in [6, 6.07) is 44.5. The number of hydrogen-bond donors (Lipinski definition) is 0. The van der Waals surface area contributed by atoms with Crippen molar-refractivity contribution in [1.29, 1.82) is 0 Å². The Morgan fingerprint density at radius 1 is 0.571 bits per heavy atom. The summed E-state index contributed by atoms with van der Waals surface area (Å²) in [5.41, 5.74) is 4.03. The fourth-order valence-electron chi connectivity index (χ4n) is 3.82. The molecule has 1 aliphatic heterocycles. The average molecular weight is 725 g/mol. The number of aromatic nitrogens is 4. The second-order valence-electron chi connectivity index (χ2n) is 8.63. The third-order valence-corrected chi connectivity index (χ3v) is 5.81. The summed E-state index contributed by atoms with van der Waals surface area (Å²) in [6.07, 6.45) is 14.3. The van der Waals surface area contributed by atoms with Crippen molar-refractivity contribution in [3.05, 3.63) is 184 Å². The molecule has 1 aliphatic rings. The standard InChI is InChI=1S/C15H12N2.2C10H8N2.Ir/c1-3-7-14(8-4-1)16-11-12-17(13-16)15-9-5-2-6-10-15;1-4-8-12(9-5-1)10-6-2-3-7-11-10;1-3-7-11-9(5-1)10-6-2-4-8-12-10;/h1-9,11-13H;2*1-8H;/q-2;;;+3. The van der Waals surface area contributed by atoms with Gasteiger partial charge in [-0.25, -0.2) is 0 Å². The molecule has 4 aromatic heterocycles. The van der Waals surface area contributed by atoms with Gasteiger partial charge in [0.05, 0.1) is 11.4 Å². The van der Waals surface area contributed by atoms with Crippen molar-refractivity contribution in [2.45, 2.75) is 0 Å². The van der Waals surface area contributed by atoms with Crippen molar-refractivity contribution in [1.82, 2.24) is 15.0 Å². The molecule has 0 N–H and O–H groups in total. The largest absolute Gasteiger partial charge is 3.00 e. The van der Waals surface area contributed by atoms with Crippen LogP contribution in [-0.4, -0.2) is 15.0 Å². The van der Waals surface area contributed by atoms with E-state index in [9.17, 15) is 0 Å². The van der Waals surface area contributed by atoms with Crippen LogP contribution >= 0.6 is 0 Å². The van der Waals surface area contributed by atoms with Gasteiger partial charge in [0.2, 0.25) is 5.82 Å². The zero-order valence-corrected chi connectivity index (χ0v) is 25.1. The number of rotatable bonds is 4. The monoisotopic (exact) mass is 725 g/mol. The van der Waals surface area contributed by atoms with E-state index in [1.54, 1.807) is 18.6 Å². The van der Waals surface area contributed by atoms with Crippen LogP contribution in [0, 0.1) is 18.9 Å². The number of nitrogens with zero attached hydrogens (tertiary/aromatic N) is 6. The van der Waals surface area contributed by atoms with Crippen LogP contribution < -0.4 is 14.4 Å². The molecule has 6 aromatic rings. The Hall–Kier alpha value is -4.97. The number of benzene rings is 2. The molecule has 0 atom stereocenters. The van der Waals surface area contributed by atoms with Gasteiger partial charge in [0, 0.05) is 30.5 Å². The first-order valence-electron chi connectivity index (χ1n) is 13.1. The Bertz CT molecular complexity index is 1390. The maximum atomic E-state index is 4.19. The van der Waals surface area contributed by atoms with Crippen molar-refractivity contribution in [3.8, 4) is 17.2 Å². The van der Waals surface area contributed by atoms with E-state index in [1.807, 2.05) is 150 Å². The van der Waals surface area contributed by atoms with Gasteiger partial charge in [0.15, 0.2) is 0 Å². The molecule has 0 radical (unpaired) electrons. The van der Waals surface area contributed by atoms with Gasteiger partial charge in [-0.1, -0.05) is 41.4 Å². The molecule has 7 heteroatoms. The van der Waals surface area contributed by atoms with E-state index in [2.05, 4.69) is 44.2 Å². The van der Waals surface area contributed by atoms with E-state index in [0.29, 0.717) is 0 Å². The summed E-state index contributed by atoms with van der Waals surface area (Å²) >= 11 is 0. The van der Waals surface area contributed by atoms with Gasteiger partial charge in [-0.3, -0.25) is 9.97 Å². The molecule has 0 fully saturated rings. The third-order valence-electron chi connectivity index (χ3n) is 5.81. The average Bonchev–Trinajstić information content (AvgIpc) is 3.59. The van der Waals surface area contributed by atoms with Crippen LogP contribution in [0.15, 0.2) is 165 Å². The zero-order valence-electron chi connectivity index (χ0n) is 22.7. The molecule has 5 heterocycles. The van der Waals surface area contributed by atoms with E-state index >= 15 is 0 Å². The van der Waals surface area contributed by atoms with Gasteiger partial charge in [0.1, 0.15) is 6.20 Å². The minimum atomic E-state index is 0. The molecule has 0 spiro atoms. The predicted molar refractivity (Wildman–Crippen MR) is 162 cm³/mol. The molecule has 0 saturated heterocycles. The Labute approximate surface area is 260 Å². The first kappa shape index (κ1) is 30.0. The first-order chi connectivity index (χ1) is 20.4. The second-order valence-corrected chi connectivity index (χ2v) is 8.63. The number of hydrogen-bond acceptors (Lipinski definition) is 5. The van der Waals surface area contributed by atoms with Crippen LogP contribution in [0.3, 0.4) is 0 Å². The summed E-state index contributed by atoms with van der Waals surface area (Å²) in [4.78, 5) is 16.7. The third kappa shape index (κ3) is 8.76. The molecule has 7 rings (SSSR count). The van der Waals surface area contributed by atoms with E-state index < -0.39 is 0 Å². The molecule has 2 aromatic carbocycles. The normalized spacial score (nSPS) is 11.3. The van der Waals surface area contributed by atoms with Crippen LogP contribution in [0.1, 0.15) is 0 Å². The second kappa shape index (κ2) is 16.3. The topological polar surface area (TPSA) is 49.0 Å². The molecule has 0 amide bonds. The zero-order chi connectivity index (χ0) is 28.0. The van der Waals surface area contributed by atoms with E-state index in [1.165, 1.54) is 0 Å². The molecule has 0 aliphatic carbocycles. The molecule has 0 bridgehead atoms. The van der Waals surface area contributed by atoms with Crippen molar-refractivity contribution >= 4 is 11.4 Å². The van der Waals surface area contributed by atoms with Crippen LogP contribution in [0.5, 0.6) is 0 Å². The van der Waals surface area contributed by atoms with E-state index in [4.69, 9.17) is 0 Å². The Morgan fingerprint density at radius 2 is 1.19 bits per heavy atom. The number of pyridine rings is 4. The summed E-state index contributed by atoms with van der Waals surface area (Å²) in [5, 5.41) is 0. The smallest absolute Gasteiger partial charge is 0.500 e. The van der Waals surface area contributed by atoms with Gasteiger partial charge >= 0.3 is 20.1 Å². The summed E-state index contributed by atoms with van der Waals surface area (Å²) in [6.45, 7) is 2.04.